The lowest BCUT2D eigenvalue weighted by atomic mass is 9.67. The second-order valence-electron chi connectivity index (χ2n) is 4.70. The predicted octanol–water partition coefficient (Wildman–Crippen LogP) is 0.868. The monoisotopic (exact) mass is 289 g/mol. The molecule has 0 aromatic rings. The van der Waals surface area contributed by atoms with Crippen LogP contribution in [0.5, 0.6) is 0 Å². The number of hydrogen-bond acceptors (Lipinski definition) is 5. The van der Waals surface area contributed by atoms with E-state index in [0.717, 1.165) is 17.9 Å². The van der Waals surface area contributed by atoms with E-state index in [4.69, 9.17) is 10.9 Å². The van der Waals surface area contributed by atoms with Crippen LogP contribution in [0.15, 0.2) is 5.16 Å². The van der Waals surface area contributed by atoms with Crippen molar-refractivity contribution in [1.82, 2.24) is 5.32 Å². The van der Waals surface area contributed by atoms with Crippen molar-refractivity contribution in [3.63, 3.8) is 0 Å². The average Bonchev–Trinajstić information content (AvgIpc) is 2.36. The molecule has 102 valence electrons. The molecule has 1 unspecified atom stereocenters. The Morgan fingerprint density at radius 1 is 1.50 bits per heavy atom. The third kappa shape index (κ3) is 2.71. The van der Waals surface area contributed by atoms with Gasteiger partial charge in [-0.15, -0.1) is 0 Å². The van der Waals surface area contributed by atoms with Crippen molar-refractivity contribution in [3.8, 4) is 0 Å². The molecule has 0 aromatic heterocycles. The highest BCUT2D eigenvalue weighted by Gasteiger charge is 2.48. The largest absolute Gasteiger partial charge is 0.409 e. The van der Waals surface area contributed by atoms with Gasteiger partial charge in [0.2, 0.25) is 5.91 Å². The molecule has 1 saturated carbocycles. The van der Waals surface area contributed by atoms with Crippen molar-refractivity contribution in [2.45, 2.75) is 24.5 Å². The summed E-state index contributed by atoms with van der Waals surface area (Å²) in [5.74, 6) is 3.40. The molecule has 1 amide bonds. The van der Waals surface area contributed by atoms with Gasteiger partial charge in [-0.25, -0.2) is 0 Å². The maximum absolute atomic E-state index is 12.2. The number of carbonyl (C=O) groups excluding carboxylic acids is 1. The van der Waals surface area contributed by atoms with Gasteiger partial charge >= 0.3 is 0 Å². The summed E-state index contributed by atoms with van der Waals surface area (Å²) in [5, 5.41) is 15.2. The molecule has 0 aromatic carbocycles. The van der Waals surface area contributed by atoms with Gasteiger partial charge in [-0.1, -0.05) is 11.6 Å². The molecule has 7 heteroatoms. The quantitative estimate of drug-likeness (QED) is 0.309. The Hall–Kier alpha value is -0.560. The molecule has 1 aliphatic heterocycles. The van der Waals surface area contributed by atoms with E-state index in [-0.39, 0.29) is 11.7 Å². The number of nitrogens with zero attached hydrogens (tertiary/aromatic N) is 1. The second kappa shape index (κ2) is 6.06. The van der Waals surface area contributed by atoms with Crippen molar-refractivity contribution in [3.05, 3.63) is 0 Å². The fourth-order valence-corrected chi connectivity index (χ4v) is 4.87. The topological polar surface area (TPSA) is 87.7 Å². The molecule has 4 N–H and O–H groups in total. The van der Waals surface area contributed by atoms with Crippen LogP contribution < -0.4 is 11.1 Å². The number of carbonyl (C=O) groups is 1. The lowest BCUT2D eigenvalue weighted by Crippen LogP contribution is -2.55. The van der Waals surface area contributed by atoms with Crippen LogP contribution in [0, 0.1) is 5.41 Å². The van der Waals surface area contributed by atoms with Crippen LogP contribution in [0.3, 0.4) is 0 Å². The number of hydrogen-bond donors (Lipinski definition) is 3. The van der Waals surface area contributed by atoms with Crippen LogP contribution in [0.2, 0.25) is 0 Å². The van der Waals surface area contributed by atoms with Gasteiger partial charge in [0.15, 0.2) is 5.84 Å². The number of oxime groups is 1. The van der Waals surface area contributed by atoms with Crippen LogP contribution in [0.4, 0.5) is 0 Å². The summed E-state index contributed by atoms with van der Waals surface area (Å²) in [6.07, 6.45) is 2.32. The first-order valence-corrected chi connectivity index (χ1v) is 8.35. The minimum absolute atomic E-state index is 0.0527. The Labute approximate surface area is 115 Å². The smallest absolute Gasteiger partial charge is 0.233 e. The van der Waals surface area contributed by atoms with Gasteiger partial charge in [0.05, 0.1) is 0 Å². The number of nitrogens with one attached hydrogen (secondary N) is 1. The van der Waals surface area contributed by atoms with Gasteiger partial charge < -0.3 is 16.3 Å². The normalized spacial score (nSPS) is 27.3. The van der Waals surface area contributed by atoms with Gasteiger partial charge in [0.1, 0.15) is 5.41 Å². The molecule has 2 aliphatic rings. The van der Waals surface area contributed by atoms with E-state index in [1.807, 2.05) is 23.5 Å². The van der Waals surface area contributed by atoms with Crippen molar-refractivity contribution in [2.75, 3.05) is 23.8 Å². The standard InChI is InChI=1S/C11H19N3O2S2/c12-9(14-16)11(2-1-3-11)10(15)13-6-8-7-17-4-5-18-8/h8,16H,1-7H2,(H2,12,14)(H,13,15). The Balaban J connectivity index is 1.86. The van der Waals surface area contributed by atoms with E-state index in [0.29, 0.717) is 24.6 Å². The minimum atomic E-state index is -0.749. The molecule has 2 rings (SSSR count). The molecule has 1 saturated heterocycles. The summed E-state index contributed by atoms with van der Waals surface area (Å²) >= 11 is 3.84. The van der Waals surface area contributed by atoms with Crippen molar-refractivity contribution < 1.29 is 10.0 Å². The molecule has 1 aliphatic carbocycles. The molecular weight excluding hydrogens is 270 g/mol. The number of rotatable bonds is 4. The Morgan fingerprint density at radius 2 is 2.28 bits per heavy atom. The van der Waals surface area contributed by atoms with Crippen LogP contribution in [-0.2, 0) is 4.79 Å². The zero-order valence-electron chi connectivity index (χ0n) is 10.2. The number of nitrogens with two attached hydrogens (primary N) is 1. The van der Waals surface area contributed by atoms with Crippen molar-refractivity contribution in [2.24, 2.45) is 16.3 Å². The third-order valence-electron chi connectivity index (χ3n) is 3.62. The summed E-state index contributed by atoms with van der Waals surface area (Å²) in [6.45, 7) is 0.678. The molecule has 0 spiro atoms. The average molecular weight is 289 g/mol. The van der Waals surface area contributed by atoms with E-state index in [9.17, 15) is 4.79 Å². The SMILES string of the molecule is NC(=NO)C1(C(=O)NCC2CSCCS2)CCC1. The van der Waals surface area contributed by atoms with E-state index in [1.165, 1.54) is 5.75 Å². The summed E-state index contributed by atoms with van der Waals surface area (Å²) in [7, 11) is 0. The molecule has 18 heavy (non-hydrogen) atoms. The first-order valence-electron chi connectivity index (χ1n) is 6.15. The molecule has 2 fully saturated rings. The Bertz CT molecular complexity index is 339. The summed E-state index contributed by atoms with van der Waals surface area (Å²) in [5.41, 5.74) is 4.90. The molecule has 1 atom stereocenters. The first kappa shape index (κ1) is 13.9. The Kier molecular flexibility index (Phi) is 4.66. The maximum Gasteiger partial charge on any atom is 0.233 e. The van der Waals surface area contributed by atoms with E-state index in [1.54, 1.807) is 0 Å². The van der Waals surface area contributed by atoms with E-state index in [2.05, 4.69) is 10.5 Å². The lowest BCUT2D eigenvalue weighted by molar-refractivity contribution is -0.131. The predicted molar refractivity (Wildman–Crippen MR) is 76.3 cm³/mol. The van der Waals surface area contributed by atoms with Gasteiger partial charge in [0, 0.05) is 29.1 Å². The molecule has 0 bridgehead atoms. The third-order valence-corrected chi connectivity index (χ3v) is 6.46. The Morgan fingerprint density at radius 3 is 2.78 bits per heavy atom. The van der Waals surface area contributed by atoms with Crippen LogP contribution in [-0.4, -0.2) is 46.0 Å². The summed E-state index contributed by atoms with van der Waals surface area (Å²) in [4.78, 5) is 12.2. The highest BCUT2D eigenvalue weighted by Crippen LogP contribution is 2.41. The van der Waals surface area contributed by atoms with E-state index < -0.39 is 5.41 Å². The number of thioether (sulfide) groups is 2. The number of amidine groups is 1. The maximum atomic E-state index is 12.2. The highest BCUT2D eigenvalue weighted by molar-refractivity contribution is 8.06. The fourth-order valence-electron chi connectivity index (χ4n) is 2.26. The molecule has 0 radical (unpaired) electrons. The van der Waals surface area contributed by atoms with Gasteiger partial charge in [-0.2, -0.15) is 23.5 Å². The highest BCUT2D eigenvalue weighted by atomic mass is 32.2. The lowest BCUT2D eigenvalue weighted by Gasteiger charge is -2.39. The zero-order valence-corrected chi connectivity index (χ0v) is 11.9. The fraction of sp³-hybridized carbons (Fsp3) is 0.818. The van der Waals surface area contributed by atoms with Crippen LogP contribution in [0.1, 0.15) is 19.3 Å². The molecule has 1 heterocycles. The molecular formula is C11H19N3O2S2. The van der Waals surface area contributed by atoms with Gasteiger partial charge in [0.25, 0.3) is 0 Å². The second-order valence-corrected chi connectivity index (χ2v) is 7.26. The molecule has 5 nitrogen and oxygen atoms in total. The zero-order chi connectivity index (χ0) is 13.0. The van der Waals surface area contributed by atoms with Gasteiger partial charge in [-0.05, 0) is 12.8 Å². The summed E-state index contributed by atoms with van der Waals surface area (Å²) in [6, 6.07) is 0. The number of amides is 1. The van der Waals surface area contributed by atoms with E-state index >= 15 is 0 Å². The summed E-state index contributed by atoms with van der Waals surface area (Å²) < 4.78 is 0. The van der Waals surface area contributed by atoms with Crippen LogP contribution in [0.25, 0.3) is 0 Å². The van der Waals surface area contributed by atoms with Crippen LogP contribution >= 0.6 is 23.5 Å². The van der Waals surface area contributed by atoms with Crippen molar-refractivity contribution in [1.29, 1.82) is 0 Å². The first-order chi connectivity index (χ1) is 8.69. The minimum Gasteiger partial charge on any atom is -0.409 e. The van der Waals surface area contributed by atoms with Crippen molar-refractivity contribution >= 4 is 35.3 Å². The van der Waals surface area contributed by atoms with Gasteiger partial charge in [-0.3, -0.25) is 4.79 Å².